The third-order valence-corrected chi connectivity index (χ3v) is 2.97. The molecule has 106 valence electrons. The van der Waals surface area contributed by atoms with Gasteiger partial charge in [-0.15, -0.1) is 13.2 Å². The fourth-order valence-electron chi connectivity index (χ4n) is 2.22. The summed E-state index contributed by atoms with van der Waals surface area (Å²) in [6.45, 7) is 11.5. The molecule has 0 radical (unpaired) electrons. The molecule has 0 bridgehead atoms. The van der Waals surface area contributed by atoms with Gasteiger partial charge in [0.1, 0.15) is 0 Å². The van der Waals surface area contributed by atoms with Gasteiger partial charge in [-0.05, 0) is 31.6 Å². The van der Waals surface area contributed by atoms with Crippen LogP contribution in [0.25, 0.3) is 0 Å². The Bertz CT molecular complexity index is 248. The second kappa shape index (κ2) is 7.62. The van der Waals surface area contributed by atoms with E-state index < -0.39 is 12.6 Å². The van der Waals surface area contributed by atoms with E-state index in [0.29, 0.717) is 0 Å². The summed E-state index contributed by atoms with van der Waals surface area (Å²) >= 11 is 0. The summed E-state index contributed by atoms with van der Waals surface area (Å²) in [5, 5.41) is 2.92. The van der Waals surface area contributed by atoms with Gasteiger partial charge in [0.2, 0.25) is 0 Å². The highest BCUT2D eigenvalue weighted by Gasteiger charge is 2.27. The monoisotopic (exact) mass is 263 g/mol. The van der Waals surface area contributed by atoms with Crippen molar-refractivity contribution in [2.24, 2.45) is 5.41 Å². The summed E-state index contributed by atoms with van der Waals surface area (Å²) < 4.78 is 36.1. The average molecular weight is 263 g/mol. The molecule has 0 aliphatic heterocycles. The van der Waals surface area contributed by atoms with Crippen molar-refractivity contribution in [1.29, 1.82) is 0 Å². The highest BCUT2D eigenvalue weighted by molar-refractivity contribution is 4.90. The normalized spacial score (nSPS) is 14.3. The first kappa shape index (κ1) is 17.2. The Morgan fingerprint density at radius 1 is 1.17 bits per heavy atom. The zero-order valence-corrected chi connectivity index (χ0v) is 11.3. The number of halogens is 3. The van der Waals surface area contributed by atoms with E-state index in [0.717, 1.165) is 19.3 Å². The standard InChI is InChI=1S/C14H24F3N/c1-5-7-13(4,8-6-2)11-12(3)18-10-9-14(15,16)17/h5-6,12,18H,1-2,7-11H2,3-4H3. The molecule has 1 unspecified atom stereocenters. The van der Waals surface area contributed by atoms with Crippen LogP contribution >= 0.6 is 0 Å². The zero-order valence-electron chi connectivity index (χ0n) is 11.3. The molecule has 1 atom stereocenters. The van der Waals surface area contributed by atoms with Gasteiger partial charge in [0, 0.05) is 12.6 Å². The van der Waals surface area contributed by atoms with Crippen molar-refractivity contribution in [3.63, 3.8) is 0 Å². The largest absolute Gasteiger partial charge is 0.390 e. The number of alkyl halides is 3. The van der Waals surface area contributed by atoms with E-state index in [1.54, 1.807) is 0 Å². The predicted molar refractivity (Wildman–Crippen MR) is 70.5 cm³/mol. The molecule has 18 heavy (non-hydrogen) atoms. The second-order valence-corrected chi connectivity index (χ2v) is 5.22. The van der Waals surface area contributed by atoms with Gasteiger partial charge in [-0.25, -0.2) is 0 Å². The third-order valence-electron chi connectivity index (χ3n) is 2.97. The van der Waals surface area contributed by atoms with Gasteiger partial charge in [-0.2, -0.15) is 13.2 Å². The van der Waals surface area contributed by atoms with Crippen LogP contribution in [0.4, 0.5) is 13.2 Å². The van der Waals surface area contributed by atoms with Gasteiger partial charge < -0.3 is 5.32 Å². The number of allylic oxidation sites excluding steroid dienone is 2. The molecular weight excluding hydrogens is 239 g/mol. The number of hydrogen-bond donors (Lipinski definition) is 1. The van der Waals surface area contributed by atoms with Crippen molar-refractivity contribution < 1.29 is 13.2 Å². The maximum atomic E-state index is 12.0. The maximum absolute atomic E-state index is 12.0. The van der Waals surface area contributed by atoms with Crippen molar-refractivity contribution in [2.45, 2.75) is 51.7 Å². The van der Waals surface area contributed by atoms with Gasteiger partial charge in [-0.1, -0.05) is 19.1 Å². The van der Waals surface area contributed by atoms with Crippen LogP contribution in [0.3, 0.4) is 0 Å². The number of hydrogen-bond acceptors (Lipinski definition) is 1. The van der Waals surface area contributed by atoms with E-state index in [-0.39, 0.29) is 18.0 Å². The lowest BCUT2D eigenvalue weighted by Gasteiger charge is -2.31. The smallest absolute Gasteiger partial charge is 0.314 e. The third kappa shape index (κ3) is 8.34. The zero-order chi connectivity index (χ0) is 14.2. The summed E-state index contributed by atoms with van der Waals surface area (Å²) in [6, 6.07) is 0.0530. The quantitative estimate of drug-likeness (QED) is 0.605. The first-order valence-electron chi connectivity index (χ1n) is 6.24. The topological polar surface area (TPSA) is 12.0 Å². The highest BCUT2D eigenvalue weighted by Crippen LogP contribution is 2.32. The number of rotatable bonds is 9. The maximum Gasteiger partial charge on any atom is 0.390 e. The van der Waals surface area contributed by atoms with Crippen LogP contribution < -0.4 is 5.32 Å². The molecule has 1 N–H and O–H groups in total. The van der Waals surface area contributed by atoms with E-state index in [4.69, 9.17) is 0 Å². The molecule has 0 aromatic carbocycles. The van der Waals surface area contributed by atoms with Crippen molar-refractivity contribution in [2.75, 3.05) is 6.54 Å². The Balaban J connectivity index is 4.13. The van der Waals surface area contributed by atoms with Crippen LogP contribution in [0.15, 0.2) is 25.3 Å². The molecule has 0 amide bonds. The molecule has 0 heterocycles. The molecule has 0 aromatic rings. The lowest BCUT2D eigenvalue weighted by Crippen LogP contribution is -2.34. The minimum Gasteiger partial charge on any atom is -0.314 e. The minimum atomic E-state index is -4.09. The fourth-order valence-corrected chi connectivity index (χ4v) is 2.22. The van der Waals surface area contributed by atoms with Crippen LogP contribution in [0, 0.1) is 5.41 Å². The Kier molecular flexibility index (Phi) is 7.29. The van der Waals surface area contributed by atoms with Gasteiger partial charge in [0.25, 0.3) is 0 Å². The second-order valence-electron chi connectivity index (χ2n) is 5.22. The number of nitrogens with one attached hydrogen (secondary N) is 1. The van der Waals surface area contributed by atoms with Gasteiger partial charge in [0.05, 0.1) is 6.42 Å². The Morgan fingerprint density at radius 3 is 2.06 bits per heavy atom. The van der Waals surface area contributed by atoms with E-state index in [1.807, 2.05) is 19.1 Å². The summed E-state index contributed by atoms with van der Waals surface area (Å²) in [4.78, 5) is 0. The van der Waals surface area contributed by atoms with Crippen LogP contribution in [-0.4, -0.2) is 18.8 Å². The molecule has 0 aromatic heterocycles. The average Bonchev–Trinajstić information content (AvgIpc) is 2.15. The van der Waals surface area contributed by atoms with E-state index in [2.05, 4.69) is 25.4 Å². The minimum absolute atomic E-state index is 0.0220. The Hall–Kier alpha value is -0.770. The predicted octanol–water partition coefficient (Wildman–Crippen LogP) is 4.47. The van der Waals surface area contributed by atoms with Crippen LogP contribution in [0.1, 0.15) is 39.5 Å². The molecule has 4 heteroatoms. The van der Waals surface area contributed by atoms with Crippen LogP contribution in [-0.2, 0) is 0 Å². The summed E-state index contributed by atoms with van der Waals surface area (Å²) in [7, 11) is 0. The Labute approximate surface area is 108 Å². The highest BCUT2D eigenvalue weighted by atomic mass is 19.4. The first-order chi connectivity index (χ1) is 8.22. The lowest BCUT2D eigenvalue weighted by molar-refractivity contribution is -0.133. The SMILES string of the molecule is C=CCC(C)(CC=C)CC(C)NCCC(F)(F)F. The molecular formula is C14H24F3N. The van der Waals surface area contributed by atoms with Crippen molar-refractivity contribution in [3.05, 3.63) is 25.3 Å². The van der Waals surface area contributed by atoms with Gasteiger partial charge in [-0.3, -0.25) is 0 Å². The van der Waals surface area contributed by atoms with Crippen molar-refractivity contribution in [1.82, 2.24) is 5.32 Å². The van der Waals surface area contributed by atoms with Gasteiger partial charge in [0.15, 0.2) is 0 Å². The van der Waals surface area contributed by atoms with Crippen molar-refractivity contribution in [3.8, 4) is 0 Å². The molecule has 0 aliphatic carbocycles. The lowest BCUT2D eigenvalue weighted by atomic mass is 9.78. The summed E-state index contributed by atoms with van der Waals surface area (Å²) in [5.74, 6) is 0. The van der Waals surface area contributed by atoms with Crippen molar-refractivity contribution >= 4 is 0 Å². The molecule has 0 aliphatic rings. The summed E-state index contributed by atoms with van der Waals surface area (Å²) in [6.07, 6.45) is 1.32. The molecule has 0 saturated carbocycles. The molecule has 0 rings (SSSR count). The molecule has 0 fully saturated rings. The van der Waals surface area contributed by atoms with E-state index in [9.17, 15) is 13.2 Å². The van der Waals surface area contributed by atoms with Crippen LogP contribution in [0.2, 0.25) is 0 Å². The fraction of sp³-hybridized carbons (Fsp3) is 0.714. The molecule has 1 nitrogen and oxygen atoms in total. The first-order valence-corrected chi connectivity index (χ1v) is 6.24. The summed E-state index contributed by atoms with van der Waals surface area (Å²) in [5.41, 5.74) is 0.0220. The van der Waals surface area contributed by atoms with Gasteiger partial charge >= 0.3 is 6.18 Å². The molecule has 0 spiro atoms. The van der Waals surface area contributed by atoms with E-state index >= 15 is 0 Å². The van der Waals surface area contributed by atoms with Crippen LogP contribution in [0.5, 0.6) is 0 Å². The molecule has 0 saturated heterocycles. The van der Waals surface area contributed by atoms with E-state index in [1.165, 1.54) is 0 Å². The Morgan fingerprint density at radius 2 is 1.67 bits per heavy atom.